The molecule has 2 aliphatic rings. The van der Waals surface area contributed by atoms with Gasteiger partial charge in [0, 0.05) is 26.2 Å². The molecule has 1 atom stereocenters. The maximum absolute atomic E-state index is 13.5. The zero-order valence-electron chi connectivity index (χ0n) is 16.2. The van der Waals surface area contributed by atoms with Crippen molar-refractivity contribution in [3.63, 3.8) is 0 Å². The van der Waals surface area contributed by atoms with E-state index >= 15 is 0 Å². The van der Waals surface area contributed by atoms with E-state index in [2.05, 4.69) is 32.9 Å². The molecule has 0 aliphatic carbocycles. The maximum atomic E-state index is 13.5. The number of nitrogens with zero attached hydrogens (tertiary/aromatic N) is 3. The number of hydrazine groups is 1. The van der Waals surface area contributed by atoms with Crippen molar-refractivity contribution in [3.8, 4) is 0 Å². The van der Waals surface area contributed by atoms with Crippen molar-refractivity contribution in [2.24, 2.45) is 0 Å². The molecule has 1 amide bonds. The Balaban J connectivity index is 2.07. The lowest BCUT2D eigenvalue weighted by Gasteiger charge is -2.27. The number of aldehydes is 1. The van der Waals surface area contributed by atoms with Gasteiger partial charge in [0.15, 0.2) is 0 Å². The van der Waals surface area contributed by atoms with Gasteiger partial charge in [-0.3, -0.25) is 9.80 Å². The van der Waals surface area contributed by atoms with Gasteiger partial charge in [-0.05, 0) is 36.5 Å². The van der Waals surface area contributed by atoms with Crippen molar-refractivity contribution in [1.29, 1.82) is 0 Å². The minimum Gasteiger partial charge on any atom is -0.302 e. The number of amides is 1. The third kappa shape index (κ3) is 2.96. The summed E-state index contributed by atoms with van der Waals surface area (Å²) in [5.41, 5.74) is 3.24. The van der Waals surface area contributed by atoms with Crippen LogP contribution >= 0.6 is 0 Å². The van der Waals surface area contributed by atoms with E-state index in [-0.39, 0.29) is 5.91 Å². The lowest BCUT2D eigenvalue weighted by Crippen LogP contribution is -2.43. The Morgan fingerprint density at radius 2 is 1.73 bits per heavy atom. The van der Waals surface area contributed by atoms with Crippen LogP contribution in [0.5, 0.6) is 0 Å². The van der Waals surface area contributed by atoms with E-state index in [0.29, 0.717) is 32.7 Å². The Morgan fingerprint density at radius 1 is 1.12 bits per heavy atom. The van der Waals surface area contributed by atoms with E-state index in [9.17, 15) is 9.59 Å². The average molecular weight is 359 g/mol. The molecular weight excluding hydrogens is 330 g/mol. The number of carbonyl (C=O) groups is 2. The molecule has 1 aromatic rings. The van der Waals surface area contributed by atoms with Crippen LogP contribution in [0.1, 0.15) is 36.1 Å². The first-order valence-corrected chi connectivity index (χ1v) is 9.45. The molecule has 3 rings (SSSR count). The number of fused-ring (bicyclic) bond motifs is 1. The maximum Gasteiger partial charge on any atom is 0.256 e. The van der Waals surface area contributed by atoms with E-state index in [1.165, 1.54) is 5.56 Å². The van der Waals surface area contributed by atoms with Gasteiger partial charge in [0.25, 0.3) is 5.91 Å². The molecule has 0 saturated carbocycles. The van der Waals surface area contributed by atoms with Gasteiger partial charge in [-0.25, -0.2) is 5.01 Å². The summed E-state index contributed by atoms with van der Waals surface area (Å²) in [6, 6.07) is 4.25. The van der Waals surface area contributed by atoms with Gasteiger partial charge >= 0.3 is 0 Å². The number of hydrogen-bond donors (Lipinski definition) is 0. The summed E-state index contributed by atoms with van der Waals surface area (Å²) in [4.78, 5) is 31.2. The SMILES string of the molecule is CCc1cc(C)cc(CC)c1C1(C=O)CN2CCN(OC)CCN2C1=O. The molecule has 1 unspecified atom stereocenters. The number of hydroxylamine groups is 2. The zero-order chi connectivity index (χ0) is 18.9. The van der Waals surface area contributed by atoms with Crippen molar-refractivity contribution in [1.82, 2.24) is 15.1 Å². The number of carbonyl (C=O) groups excluding carboxylic acids is 2. The summed E-state index contributed by atoms with van der Waals surface area (Å²) >= 11 is 0. The van der Waals surface area contributed by atoms with E-state index in [1.807, 2.05) is 10.1 Å². The smallest absolute Gasteiger partial charge is 0.256 e. The summed E-state index contributed by atoms with van der Waals surface area (Å²) in [5, 5.41) is 5.63. The minimum atomic E-state index is -1.10. The summed E-state index contributed by atoms with van der Waals surface area (Å²) < 4.78 is 0. The van der Waals surface area contributed by atoms with Crippen molar-refractivity contribution in [2.45, 2.75) is 39.0 Å². The second-order valence-corrected chi connectivity index (χ2v) is 7.18. The fraction of sp³-hybridized carbons (Fsp3) is 0.600. The molecule has 142 valence electrons. The first-order valence-electron chi connectivity index (χ1n) is 9.45. The molecule has 6 nitrogen and oxygen atoms in total. The molecule has 2 fully saturated rings. The minimum absolute atomic E-state index is 0.0984. The summed E-state index contributed by atoms with van der Waals surface area (Å²) in [7, 11) is 1.65. The molecule has 26 heavy (non-hydrogen) atoms. The van der Waals surface area contributed by atoms with Gasteiger partial charge in [0.1, 0.15) is 11.7 Å². The van der Waals surface area contributed by atoms with E-state index < -0.39 is 5.41 Å². The largest absolute Gasteiger partial charge is 0.302 e. The Labute approximate surface area is 155 Å². The van der Waals surface area contributed by atoms with E-state index in [0.717, 1.165) is 35.8 Å². The molecule has 0 spiro atoms. The molecule has 0 radical (unpaired) electrons. The van der Waals surface area contributed by atoms with Crippen LogP contribution in [0.2, 0.25) is 0 Å². The van der Waals surface area contributed by atoms with Crippen LogP contribution in [0.25, 0.3) is 0 Å². The van der Waals surface area contributed by atoms with Crippen LogP contribution in [-0.2, 0) is 32.7 Å². The monoisotopic (exact) mass is 359 g/mol. The highest BCUT2D eigenvalue weighted by Crippen LogP contribution is 2.38. The van der Waals surface area contributed by atoms with Gasteiger partial charge in [0.2, 0.25) is 0 Å². The summed E-state index contributed by atoms with van der Waals surface area (Å²) in [6.07, 6.45) is 2.51. The molecule has 6 heteroatoms. The van der Waals surface area contributed by atoms with Gasteiger partial charge in [-0.15, -0.1) is 0 Å². The van der Waals surface area contributed by atoms with Gasteiger partial charge in [-0.2, -0.15) is 5.06 Å². The fourth-order valence-corrected chi connectivity index (χ4v) is 4.38. The van der Waals surface area contributed by atoms with Crippen LogP contribution in [-0.4, -0.2) is 67.1 Å². The molecule has 0 aromatic heterocycles. The highest BCUT2D eigenvalue weighted by atomic mass is 16.7. The quantitative estimate of drug-likeness (QED) is 0.589. The molecule has 0 bridgehead atoms. The van der Waals surface area contributed by atoms with Crippen LogP contribution < -0.4 is 0 Å². The molecule has 0 N–H and O–H groups in total. The third-order valence-electron chi connectivity index (χ3n) is 5.67. The van der Waals surface area contributed by atoms with Crippen LogP contribution in [0.3, 0.4) is 0 Å². The highest BCUT2D eigenvalue weighted by molar-refractivity contribution is 6.05. The average Bonchev–Trinajstić information content (AvgIpc) is 2.80. The van der Waals surface area contributed by atoms with Crippen molar-refractivity contribution < 1.29 is 14.4 Å². The lowest BCUT2D eigenvalue weighted by molar-refractivity contribution is -0.142. The fourth-order valence-electron chi connectivity index (χ4n) is 4.38. The van der Waals surface area contributed by atoms with Crippen LogP contribution in [0.15, 0.2) is 12.1 Å². The number of rotatable bonds is 5. The lowest BCUT2D eigenvalue weighted by atomic mass is 9.75. The summed E-state index contributed by atoms with van der Waals surface area (Å²) in [5.74, 6) is -0.0984. The third-order valence-corrected chi connectivity index (χ3v) is 5.67. The normalized spacial score (nSPS) is 24.6. The van der Waals surface area contributed by atoms with Crippen molar-refractivity contribution in [3.05, 3.63) is 34.4 Å². The van der Waals surface area contributed by atoms with Gasteiger partial charge in [0.05, 0.1) is 13.7 Å². The van der Waals surface area contributed by atoms with E-state index in [1.54, 1.807) is 12.1 Å². The zero-order valence-corrected chi connectivity index (χ0v) is 16.2. The molecule has 2 aliphatic heterocycles. The Bertz CT molecular complexity index is 681. The molecular formula is C20H29N3O3. The predicted octanol–water partition coefficient (Wildman–Crippen LogP) is 1.49. The number of benzene rings is 1. The number of aryl methyl sites for hydroxylation is 3. The molecule has 2 saturated heterocycles. The first-order chi connectivity index (χ1) is 12.5. The Morgan fingerprint density at radius 3 is 2.27 bits per heavy atom. The standard InChI is InChI=1S/C20H29N3O3/c1-5-16-11-15(3)12-17(6-2)18(16)20(14-24)13-21-7-8-22(26-4)9-10-23(21)19(20)25/h11-12,14H,5-10,13H2,1-4H3. The second-order valence-electron chi connectivity index (χ2n) is 7.18. The predicted molar refractivity (Wildman–Crippen MR) is 99.5 cm³/mol. The Hall–Kier alpha value is -1.76. The summed E-state index contributed by atoms with van der Waals surface area (Å²) in [6.45, 7) is 9.22. The topological polar surface area (TPSA) is 53.1 Å². The van der Waals surface area contributed by atoms with Crippen molar-refractivity contribution >= 4 is 12.2 Å². The first kappa shape index (κ1) is 19.0. The second kappa shape index (κ2) is 7.47. The molecule has 1 aromatic carbocycles. The van der Waals surface area contributed by atoms with Crippen LogP contribution in [0.4, 0.5) is 0 Å². The molecule has 2 heterocycles. The van der Waals surface area contributed by atoms with E-state index in [4.69, 9.17) is 4.84 Å². The van der Waals surface area contributed by atoms with Crippen molar-refractivity contribution in [2.75, 3.05) is 39.8 Å². The van der Waals surface area contributed by atoms with Gasteiger partial charge in [-0.1, -0.05) is 31.5 Å². The Kier molecular flexibility index (Phi) is 5.46. The van der Waals surface area contributed by atoms with Crippen LogP contribution in [0, 0.1) is 6.92 Å². The van der Waals surface area contributed by atoms with Gasteiger partial charge < -0.3 is 9.63 Å². The highest BCUT2D eigenvalue weighted by Gasteiger charge is 2.54. The number of hydrogen-bond acceptors (Lipinski definition) is 5.